The van der Waals surface area contributed by atoms with Gasteiger partial charge in [-0.1, -0.05) is 6.92 Å². The summed E-state index contributed by atoms with van der Waals surface area (Å²) in [6.07, 6.45) is 0. The molecule has 0 atom stereocenters. The van der Waals surface area contributed by atoms with Crippen LogP contribution in [0.4, 0.5) is 0 Å². The van der Waals surface area contributed by atoms with Crippen LogP contribution in [0, 0.1) is 13.8 Å². The molecular formula is C13H18BrN3S. The van der Waals surface area contributed by atoms with Crippen molar-refractivity contribution < 1.29 is 0 Å². The lowest BCUT2D eigenvalue weighted by atomic mass is 10.2. The van der Waals surface area contributed by atoms with Gasteiger partial charge in [0.25, 0.3) is 0 Å². The van der Waals surface area contributed by atoms with Crippen molar-refractivity contribution in [3.05, 3.63) is 37.7 Å². The largest absolute Gasteiger partial charge is 0.313 e. The third-order valence-corrected chi connectivity index (χ3v) is 4.98. The Morgan fingerprint density at radius 1 is 1.44 bits per heavy atom. The molecule has 1 N–H and O–H groups in total. The van der Waals surface area contributed by atoms with Gasteiger partial charge < -0.3 is 5.32 Å². The smallest absolute Gasteiger partial charge is 0.0766 e. The summed E-state index contributed by atoms with van der Waals surface area (Å²) in [7, 11) is 0. The Hall–Kier alpha value is -0.650. The van der Waals surface area contributed by atoms with Gasteiger partial charge in [-0.15, -0.1) is 11.3 Å². The first-order valence-electron chi connectivity index (χ1n) is 6.09. The minimum absolute atomic E-state index is 0.844. The maximum atomic E-state index is 4.64. The molecule has 0 radical (unpaired) electrons. The monoisotopic (exact) mass is 327 g/mol. The molecule has 0 saturated heterocycles. The highest BCUT2D eigenvalue weighted by Gasteiger charge is 2.12. The van der Waals surface area contributed by atoms with E-state index in [0.29, 0.717) is 0 Å². The molecule has 0 fully saturated rings. The quantitative estimate of drug-likeness (QED) is 0.911. The molecule has 0 aliphatic heterocycles. The second-order valence-electron chi connectivity index (χ2n) is 4.28. The summed E-state index contributed by atoms with van der Waals surface area (Å²) in [5.41, 5.74) is 3.71. The molecule has 18 heavy (non-hydrogen) atoms. The topological polar surface area (TPSA) is 29.9 Å². The van der Waals surface area contributed by atoms with Crippen LogP contribution in [0.1, 0.15) is 28.8 Å². The van der Waals surface area contributed by atoms with Gasteiger partial charge in [0, 0.05) is 27.2 Å². The first-order chi connectivity index (χ1) is 8.63. The molecule has 2 rings (SSSR count). The molecule has 0 spiro atoms. The number of thiophene rings is 1. The van der Waals surface area contributed by atoms with Crippen LogP contribution < -0.4 is 5.32 Å². The Morgan fingerprint density at radius 3 is 2.83 bits per heavy atom. The van der Waals surface area contributed by atoms with Gasteiger partial charge in [0.05, 0.1) is 12.2 Å². The third-order valence-electron chi connectivity index (χ3n) is 3.07. The van der Waals surface area contributed by atoms with E-state index in [4.69, 9.17) is 0 Å². The van der Waals surface area contributed by atoms with Crippen LogP contribution in [0.15, 0.2) is 15.9 Å². The van der Waals surface area contributed by atoms with Crippen molar-refractivity contribution in [2.24, 2.45) is 0 Å². The van der Waals surface area contributed by atoms with Gasteiger partial charge in [-0.05, 0) is 47.8 Å². The number of nitrogens with one attached hydrogen (secondary N) is 1. The van der Waals surface area contributed by atoms with Crippen molar-refractivity contribution in [3.63, 3.8) is 0 Å². The fraction of sp³-hybridized carbons (Fsp3) is 0.462. The SMILES string of the molecule is CCNCc1c(C)nn(Cc2sccc2Br)c1C. The standard InChI is InChI=1S/C13H18BrN3S/c1-4-15-7-11-9(2)16-17(10(11)3)8-13-12(14)5-6-18-13/h5-6,15H,4,7-8H2,1-3H3. The van der Waals surface area contributed by atoms with Crippen molar-refractivity contribution in [2.75, 3.05) is 6.54 Å². The molecule has 0 aliphatic carbocycles. The van der Waals surface area contributed by atoms with Crippen molar-refractivity contribution in [2.45, 2.75) is 33.9 Å². The highest BCUT2D eigenvalue weighted by atomic mass is 79.9. The van der Waals surface area contributed by atoms with E-state index < -0.39 is 0 Å². The molecule has 0 amide bonds. The van der Waals surface area contributed by atoms with Crippen LogP contribution in [-0.2, 0) is 13.1 Å². The maximum absolute atomic E-state index is 4.64. The summed E-state index contributed by atoms with van der Waals surface area (Å²) in [5, 5.41) is 10.1. The highest BCUT2D eigenvalue weighted by Crippen LogP contribution is 2.24. The van der Waals surface area contributed by atoms with Crippen LogP contribution in [0.3, 0.4) is 0 Å². The minimum atomic E-state index is 0.844. The molecular weight excluding hydrogens is 310 g/mol. The first-order valence-corrected chi connectivity index (χ1v) is 7.76. The van der Waals surface area contributed by atoms with Gasteiger partial charge >= 0.3 is 0 Å². The second kappa shape index (κ2) is 5.99. The first kappa shape index (κ1) is 13.8. The van der Waals surface area contributed by atoms with Gasteiger partial charge in [0.15, 0.2) is 0 Å². The van der Waals surface area contributed by atoms with E-state index in [0.717, 1.165) is 25.3 Å². The number of nitrogens with zero attached hydrogens (tertiary/aromatic N) is 2. The minimum Gasteiger partial charge on any atom is -0.313 e. The van der Waals surface area contributed by atoms with Gasteiger partial charge in [-0.3, -0.25) is 4.68 Å². The van der Waals surface area contributed by atoms with E-state index in [9.17, 15) is 0 Å². The van der Waals surface area contributed by atoms with Crippen molar-refractivity contribution in [3.8, 4) is 0 Å². The normalized spacial score (nSPS) is 11.1. The third kappa shape index (κ3) is 2.84. The molecule has 0 aromatic carbocycles. The van der Waals surface area contributed by atoms with Gasteiger partial charge in [-0.2, -0.15) is 5.10 Å². The Morgan fingerprint density at radius 2 is 2.22 bits per heavy atom. The predicted octanol–water partition coefficient (Wildman–Crippen LogP) is 3.48. The molecule has 3 nitrogen and oxygen atoms in total. The predicted molar refractivity (Wildman–Crippen MR) is 80.2 cm³/mol. The Balaban J connectivity index is 2.22. The zero-order valence-corrected chi connectivity index (χ0v) is 13.4. The molecule has 2 aromatic heterocycles. The zero-order valence-electron chi connectivity index (χ0n) is 11.0. The van der Waals surface area contributed by atoms with E-state index in [1.807, 2.05) is 0 Å². The summed E-state index contributed by atoms with van der Waals surface area (Å²) in [4.78, 5) is 1.32. The van der Waals surface area contributed by atoms with Crippen LogP contribution in [0.5, 0.6) is 0 Å². The highest BCUT2D eigenvalue weighted by molar-refractivity contribution is 9.10. The van der Waals surface area contributed by atoms with E-state index in [1.165, 1.54) is 20.6 Å². The molecule has 0 unspecified atom stereocenters. The van der Waals surface area contributed by atoms with E-state index >= 15 is 0 Å². The fourth-order valence-corrected chi connectivity index (χ4v) is 3.43. The molecule has 0 saturated carbocycles. The van der Waals surface area contributed by atoms with Gasteiger partial charge in [-0.25, -0.2) is 0 Å². The lowest BCUT2D eigenvalue weighted by molar-refractivity contribution is 0.660. The average molecular weight is 328 g/mol. The van der Waals surface area contributed by atoms with Crippen LogP contribution in [0.2, 0.25) is 0 Å². The molecule has 5 heteroatoms. The van der Waals surface area contributed by atoms with Crippen LogP contribution in [-0.4, -0.2) is 16.3 Å². The molecule has 0 bridgehead atoms. The van der Waals surface area contributed by atoms with E-state index in [-0.39, 0.29) is 0 Å². The van der Waals surface area contributed by atoms with Gasteiger partial charge in [0.2, 0.25) is 0 Å². The summed E-state index contributed by atoms with van der Waals surface area (Å²) in [6, 6.07) is 2.09. The summed E-state index contributed by atoms with van der Waals surface area (Å²) in [6.45, 7) is 9.09. The Bertz CT molecular complexity index is 530. The summed E-state index contributed by atoms with van der Waals surface area (Å²) in [5.74, 6) is 0. The average Bonchev–Trinajstić information content (AvgIpc) is 2.84. The zero-order chi connectivity index (χ0) is 13.1. The van der Waals surface area contributed by atoms with Gasteiger partial charge in [0.1, 0.15) is 0 Å². The lowest BCUT2D eigenvalue weighted by Crippen LogP contribution is -2.13. The number of rotatable bonds is 5. The Kier molecular flexibility index (Phi) is 4.59. The molecule has 98 valence electrons. The summed E-state index contributed by atoms with van der Waals surface area (Å²) < 4.78 is 3.27. The lowest BCUT2D eigenvalue weighted by Gasteiger charge is -2.05. The molecule has 2 aromatic rings. The van der Waals surface area contributed by atoms with Crippen LogP contribution >= 0.6 is 27.3 Å². The maximum Gasteiger partial charge on any atom is 0.0766 e. The molecule has 0 aliphatic rings. The number of hydrogen-bond acceptors (Lipinski definition) is 3. The van der Waals surface area contributed by atoms with Crippen molar-refractivity contribution in [1.82, 2.24) is 15.1 Å². The van der Waals surface area contributed by atoms with E-state index in [2.05, 4.69) is 63.2 Å². The molecule has 2 heterocycles. The Labute approximate surface area is 120 Å². The van der Waals surface area contributed by atoms with E-state index in [1.54, 1.807) is 11.3 Å². The number of aryl methyl sites for hydroxylation is 1. The second-order valence-corrected chi connectivity index (χ2v) is 6.13. The number of aromatic nitrogens is 2. The number of halogens is 1. The fourth-order valence-electron chi connectivity index (χ4n) is 1.97. The summed E-state index contributed by atoms with van der Waals surface area (Å²) >= 11 is 5.34. The number of hydrogen-bond donors (Lipinski definition) is 1. The van der Waals surface area contributed by atoms with Crippen molar-refractivity contribution in [1.29, 1.82) is 0 Å². The van der Waals surface area contributed by atoms with Crippen molar-refractivity contribution >= 4 is 27.3 Å². The van der Waals surface area contributed by atoms with Crippen LogP contribution in [0.25, 0.3) is 0 Å².